The van der Waals surface area contributed by atoms with Gasteiger partial charge in [0.2, 0.25) is 11.8 Å². The summed E-state index contributed by atoms with van der Waals surface area (Å²) >= 11 is 0. The fraction of sp³-hybridized carbons (Fsp3) is 0.476. The Hall–Kier alpha value is -2.63. The van der Waals surface area contributed by atoms with Crippen LogP contribution in [0.2, 0.25) is 0 Å². The largest absolute Gasteiger partial charge is 0.474 e. The third-order valence-corrected chi connectivity index (χ3v) is 4.73. The molecule has 1 aromatic heterocycles. The number of carbonyl (C=O) groups excluding carboxylic acids is 1. The summed E-state index contributed by atoms with van der Waals surface area (Å²) < 4.78 is 5.62. The Bertz CT molecular complexity index is 753. The molecule has 1 aromatic carbocycles. The summed E-state index contributed by atoms with van der Waals surface area (Å²) in [7, 11) is 0. The van der Waals surface area contributed by atoms with Crippen molar-refractivity contribution < 1.29 is 9.53 Å². The van der Waals surface area contributed by atoms with Crippen LogP contribution in [-0.2, 0) is 11.3 Å². The van der Waals surface area contributed by atoms with Gasteiger partial charge in [-0.25, -0.2) is 0 Å². The summed E-state index contributed by atoms with van der Waals surface area (Å²) in [5.41, 5.74) is 2.35. The summed E-state index contributed by atoms with van der Waals surface area (Å²) in [6.07, 6.45) is 5.09. The molecule has 6 heteroatoms. The predicted octanol–water partition coefficient (Wildman–Crippen LogP) is 3.11. The van der Waals surface area contributed by atoms with Crippen molar-refractivity contribution in [2.24, 2.45) is 5.92 Å². The van der Waals surface area contributed by atoms with Gasteiger partial charge in [-0.1, -0.05) is 29.8 Å². The third kappa shape index (κ3) is 5.42. The van der Waals surface area contributed by atoms with E-state index in [9.17, 15) is 4.79 Å². The fourth-order valence-corrected chi connectivity index (χ4v) is 3.20. The van der Waals surface area contributed by atoms with Crippen LogP contribution in [0.5, 0.6) is 5.88 Å². The first-order valence-electron chi connectivity index (χ1n) is 9.58. The van der Waals surface area contributed by atoms with Crippen LogP contribution >= 0.6 is 0 Å². The Morgan fingerprint density at radius 3 is 2.59 bits per heavy atom. The summed E-state index contributed by atoms with van der Waals surface area (Å²) in [6, 6.07) is 8.25. The summed E-state index contributed by atoms with van der Waals surface area (Å²) in [5.74, 6) is 1.54. The maximum Gasteiger partial charge on any atom is 0.234 e. The molecule has 1 fully saturated rings. The maximum absolute atomic E-state index is 12.5. The van der Waals surface area contributed by atoms with Crippen LogP contribution in [0.4, 0.5) is 5.82 Å². The van der Waals surface area contributed by atoms with E-state index in [1.165, 1.54) is 5.56 Å². The van der Waals surface area contributed by atoms with Crippen LogP contribution in [0.15, 0.2) is 36.7 Å². The number of hydrogen-bond donors (Lipinski definition) is 1. The summed E-state index contributed by atoms with van der Waals surface area (Å²) in [4.78, 5) is 23.4. The van der Waals surface area contributed by atoms with Gasteiger partial charge in [0.1, 0.15) is 0 Å². The molecule has 0 atom stereocenters. The highest BCUT2D eigenvalue weighted by molar-refractivity contribution is 5.79. The number of ether oxygens (including phenoxy) is 1. The Morgan fingerprint density at radius 1 is 1.22 bits per heavy atom. The molecule has 1 N–H and O–H groups in total. The van der Waals surface area contributed by atoms with E-state index >= 15 is 0 Å². The van der Waals surface area contributed by atoms with Gasteiger partial charge in [0.05, 0.1) is 18.5 Å². The van der Waals surface area contributed by atoms with Crippen LogP contribution in [0.3, 0.4) is 0 Å². The van der Waals surface area contributed by atoms with Crippen molar-refractivity contribution in [3.8, 4) is 5.88 Å². The van der Waals surface area contributed by atoms with Crippen molar-refractivity contribution in [3.63, 3.8) is 0 Å². The van der Waals surface area contributed by atoms with Crippen molar-refractivity contribution >= 4 is 11.7 Å². The number of carbonyl (C=O) groups is 1. The van der Waals surface area contributed by atoms with Gasteiger partial charge in [-0.05, 0) is 39.2 Å². The Kier molecular flexibility index (Phi) is 6.27. The zero-order chi connectivity index (χ0) is 19.2. The second kappa shape index (κ2) is 8.84. The Balaban J connectivity index is 1.49. The van der Waals surface area contributed by atoms with Crippen molar-refractivity contribution in [2.45, 2.75) is 46.3 Å². The van der Waals surface area contributed by atoms with Crippen molar-refractivity contribution in [2.75, 3.05) is 18.0 Å². The monoisotopic (exact) mass is 368 g/mol. The molecule has 1 aliphatic rings. The number of nitrogens with zero attached hydrogens (tertiary/aromatic N) is 3. The van der Waals surface area contributed by atoms with Crippen molar-refractivity contribution in [1.29, 1.82) is 0 Å². The number of nitrogens with one attached hydrogen (secondary N) is 1. The smallest absolute Gasteiger partial charge is 0.234 e. The lowest BCUT2D eigenvalue weighted by molar-refractivity contribution is -0.125. The minimum absolute atomic E-state index is 0.0507. The molecule has 1 aliphatic heterocycles. The number of aromatic nitrogens is 2. The van der Waals surface area contributed by atoms with E-state index in [1.54, 1.807) is 12.4 Å². The highest BCUT2D eigenvalue weighted by atomic mass is 16.5. The van der Waals surface area contributed by atoms with E-state index in [2.05, 4.69) is 51.4 Å². The number of aryl methyl sites for hydroxylation is 1. The van der Waals surface area contributed by atoms with Gasteiger partial charge in [0.15, 0.2) is 5.82 Å². The van der Waals surface area contributed by atoms with Gasteiger partial charge < -0.3 is 15.0 Å². The molecular weight excluding hydrogens is 340 g/mol. The van der Waals surface area contributed by atoms with Gasteiger partial charge in [0, 0.05) is 25.6 Å². The molecule has 0 saturated carbocycles. The number of hydrogen-bond acceptors (Lipinski definition) is 5. The highest BCUT2D eigenvalue weighted by Gasteiger charge is 2.25. The van der Waals surface area contributed by atoms with Crippen LogP contribution < -0.4 is 15.0 Å². The van der Waals surface area contributed by atoms with E-state index in [0.29, 0.717) is 12.4 Å². The molecule has 144 valence electrons. The van der Waals surface area contributed by atoms with Gasteiger partial charge in [0.25, 0.3) is 0 Å². The molecule has 6 nitrogen and oxygen atoms in total. The molecule has 2 heterocycles. The summed E-state index contributed by atoms with van der Waals surface area (Å²) in [6.45, 7) is 8.17. The number of rotatable bonds is 6. The highest BCUT2D eigenvalue weighted by Crippen LogP contribution is 2.23. The SMILES string of the molecule is Cc1ccc(CNC(=O)C2CCN(c3cncc(OC(C)C)n3)CC2)cc1. The first kappa shape index (κ1) is 19.1. The average Bonchev–Trinajstić information content (AvgIpc) is 2.67. The van der Waals surface area contributed by atoms with Crippen LogP contribution in [-0.4, -0.2) is 35.1 Å². The average molecular weight is 368 g/mol. The molecule has 27 heavy (non-hydrogen) atoms. The van der Waals surface area contributed by atoms with Crippen LogP contribution in [0.1, 0.15) is 37.8 Å². The molecule has 0 spiro atoms. The second-order valence-electron chi connectivity index (χ2n) is 7.35. The standard InChI is InChI=1S/C21H28N4O2/c1-15(2)27-20-14-22-13-19(24-20)25-10-8-18(9-11-25)21(26)23-12-17-6-4-16(3)5-7-17/h4-7,13-15,18H,8-12H2,1-3H3,(H,23,26). The molecule has 3 rings (SSSR count). The molecule has 0 unspecified atom stereocenters. The number of benzene rings is 1. The van der Waals surface area contributed by atoms with E-state index in [4.69, 9.17) is 4.74 Å². The number of piperidine rings is 1. The lowest BCUT2D eigenvalue weighted by Crippen LogP contribution is -2.40. The lowest BCUT2D eigenvalue weighted by Gasteiger charge is -2.32. The molecule has 0 radical (unpaired) electrons. The van der Waals surface area contributed by atoms with Crippen LogP contribution in [0.25, 0.3) is 0 Å². The van der Waals surface area contributed by atoms with E-state index in [0.717, 1.165) is 37.3 Å². The molecule has 1 amide bonds. The Morgan fingerprint density at radius 2 is 1.93 bits per heavy atom. The topological polar surface area (TPSA) is 67.4 Å². The quantitative estimate of drug-likeness (QED) is 0.849. The second-order valence-corrected chi connectivity index (χ2v) is 7.35. The van der Waals surface area contributed by atoms with E-state index < -0.39 is 0 Å². The van der Waals surface area contributed by atoms with Gasteiger partial charge in [-0.3, -0.25) is 9.78 Å². The predicted molar refractivity (Wildman–Crippen MR) is 106 cm³/mol. The molecule has 0 bridgehead atoms. The molecule has 2 aromatic rings. The van der Waals surface area contributed by atoms with Crippen molar-refractivity contribution in [3.05, 3.63) is 47.8 Å². The summed E-state index contributed by atoms with van der Waals surface area (Å²) in [5, 5.41) is 3.07. The normalized spacial score (nSPS) is 15.0. The number of amides is 1. The third-order valence-electron chi connectivity index (χ3n) is 4.73. The van der Waals surface area contributed by atoms with Crippen LogP contribution in [0, 0.1) is 12.8 Å². The maximum atomic E-state index is 12.5. The first-order chi connectivity index (χ1) is 13.0. The minimum atomic E-state index is 0.0507. The zero-order valence-electron chi connectivity index (χ0n) is 16.3. The van der Waals surface area contributed by atoms with E-state index in [1.807, 2.05) is 13.8 Å². The van der Waals surface area contributed by atoms with Gasteiger partial charge in [-0.15, -0.1) is 0 Å². The molecule has 1 saturated heterocycles. The van der Waals surface area contributed by atoms with E-state index in [-0.39, 0.29) is 17.9 Å². The lowest BCUT2D eigenvalue weighted by atomic mass is 9.96. The number of anilines is 1. The molecule has 0 aliphatic carbocycles. The fourth-order valence-electron chi connectivity index (χ4n) is 3.20. The van der Waals surface area contributed by atoms with Crippen molar-refractivity contribution in [1.82, 2.24) is 15.3 Å². The Labute approximate surface area is 161 Å². The molecular formula is C21H28N4O2. The first-order valence-corrected chi connectivity index (χ1v) is 9.58. The zero-order valence-corrected chi connectivity index (χ0v) is 16.3. The van der Waals surface area contributed by atoms with Gasteiger partial charge >= 0.3 is 0 Å². The van der Waals surface area contributed by atoms with Gasteiger partial charge in [-0.2, -0.15) is 4.98 Å². The minimum Gasteiger partial charge on any atom is -0.474 e.